The fourth-order valence-corrected chi connectivity index (χ4v) is 2.69. The van der Waals surface area contributed by atoms with Crippen LogP contribution in [0, 0.1) is 12.8 Å². The van der Waals surface area contributed by atoms with Crippen molar-refractivity contribution in [2.24, 2.45) is 11.7 Å². The predicted molar refractivity (Wildman–Crippen MR) is 73.2 cm³/mol. The van der Waals surface area contributed by atoms with Gasteiger partial charge in [-0.1, -0.05) is 36.8 Å². The third-order valence-electron chi connectivity index (χ3n) is 3.96. The molecule has 1 aliphatic rings. The molecule has 0 bridgehead atoms. The average molecular weight is 277 g/mol. The fourth-order valence-electron chi connectivity index (χ4n) is 2.69. The third kappa shape index (κ3) is 2.54. The second-order valence-corrected chi connectivity index (χ2v) is 5.39. The predicted octanol–water partition coefficient (Wildman–Crippen LogP) is 1.44. The molecule has 108 valence electrons. The van der Waals surface area contributed by atoms with Gasteiger partial charge in [0, 0.05) is 12.3 Å². The van der Waals surface area contributed by atoms with Crippen molar-refractivity contribution < 1.29 is 19.4 Å². The molecule has 3 N–H and O–H groups in total. The summed E-state index contributed by atoms with van der Waals surface area (Å²) in [4.78, 5) is 22.8. The minimum absolute atomic E-state index is 0.0107. The molecular formula is C15H19NO4. The smallest absolute Gasteiger partial charge is 0.348 e. The van der Waals surface area contributed by atoms with Crippen LogP contribution in [0.2, 0.25) is 0 Å². The Morgan fingerprint density at radius 3 is 2.80 bits per heavy atom. The standard InChI is InChI=1S/C15H19NO4/c1-9-4-3-5-11(6-9)10(2)12-7-15(12,14(18)19)20-13(17)8-16/h3-6,10,12H,7-8,16H2,1-2H3,(H,18,19). The van der Waals surface area contributed by atoms with Crippen molar-refractivity contribution >= 4 is 11.9 Å². The lowest BCUT2D eigenvalue weighted by Gasteiger charge is -2.18. The van der Waals surface area contributed by atoms with Gasteiger partial charge in [0.1, 0.15) is 0 Å². The molecule has 2 rings (SSSR count). The molecule has 3 unspecified atom stereocenters. The van der Waals surface area contributed by atoms with Gasteiger partial charge in [-0.3, -0.25) is 4.79 Å². The largest absolute Gasteiger partial charge is 0.478 e. The van der Waals surface area contributed by atoms with E-state index in [9.17, 15) is 14.7 Å². The number of rotatable bonds is 5. The van der Waals surface area contributed by atoms with Gasteiger partial charge in [-0.25, -0.2) is 4.79 Å². The number of esters is 1. The maximum Gasteiger partial charge on any atom is 0.348 e. The van der Waals surface area contributed by atoms with Crippen molar-refractivity contribution in [3.8, 4) is 0 Å². The number of hydrogen-bond acceptors (Lipinski definition) is 4. The first-order valence-corrected chi connectivity index (χ1v) is 6.62. The van der Waals surface area contributed by atoms with Crippen LogP contribution in [-0.2, 0) is 14.3 Å². The fraction of sp³-hybridized carbons (Fsp3) is 0.467. The van der Waals surface area contributed by atoms with Gasteiger partial charge in [0.2, 0.25) is 5.60 Å². The van der Waals surface area contributed by atoms with E-state index in [1.54, 1.807) is 0 Å². The summed E-state index contributed by atoms with van der Waals surface area (Å²) in [5, 5.41) is 9.35. The first-order valence-electron chi connectivity index (χ1n) is 6.62. The summed E-state index contributed by atoms with van der Waals surface area (Å²) in [5.41, 5.74) is 5.97. The van der Waals surface area contributed by atoms with E-state index < -0.39 is 17.5 Å². The molecule has 5 heteroatoms. The van der Waals surface area contributed by atoms with Crippen molar-refractivity contribution in [1.82, 2.24) is 0 Å². The van der Waals surface area contributed by atoms with E-state index in [0.29, 0.717) is 6.42 Å². The number of carbonyl (C=O) groups excluding carboxylic acids is 1. The van der Waals surface area contributed by atoms with E-state index in [4.69, 9.17) is 10.5 Å². The van der Waals surface area contributed by atoms with E-state index in [1.165, 1.54) is 0 Å². The normalized spacial score (nSPS) is 25.9. The molecule has 1 saturated carbocycles. The zero-order chi connectivity index (χ0) is 14.9. The second-order valence-electron chi connectivity index (χ2n) is 5.39. The quantitative estimate of drug-likeness (QED) is 0.795. The van der Waals surface area contributed by atoms with Crippen LogP contribution >= 0.6 is 0 Å². The molecule has 0 amide bonds. The van der Waals surface area contributed by atoms with Gasteiger partial charge in [-0.05, 0) is 18.4 Å². The summed E-state index contributed by atoms with van der Waals surface area (Å²) in [6.07, 6.45) is 0.336. The minimum Gasteiger partial charge on any atom is -0.478 e. The van der Waals surface area contributed by atoms with Crippen molar-refractivity contribution in [1.29, 1.82) is 0 Å². The molecular weight excluding hydrogens is 258 g/mol. The number of nitrogens with two attached hydrogens (primary N) is 1. The Balaban J connectivity index is 2.18. The molecule has 0 spiro atoms. The SMILES string of the molecule is Cc1cccc(C(C)C2CC2(OC(=O)CN)C(=O)O)c1. The lowest BCUT2D eigenvalue weighted by Crippen LogP contribution is -2.34. The summed E-state index contributed by atoms with van der Waals surface area (Å²) in [7, 11) is 0. The van der Waals surface area contributed by atoms with Gasteiger partial charge in [0.15, 0.2) is 0 Å². The van der Waals surface area contributed by atoms with E-state index in [-0.39, 0.29) is 18.4 Å². The highest BCUT2D eigenvalue weighted by Crippen LogP contribution is 2.54. The van der Waals surface area contributed by atoms with Crippen molar-refractivity contribution in [3.05, 3.63) is 35.4 Å². The molecule has 0 heterocycles. The maximum absolute atomic E-state index is 11.4. The van der Waals surface area contributed by atoms with E-state index in [2.05, 4.69) is 0 Å². The number of hydrogen-bond donors (Lipinski definition) is 2. The van der Waals surface area contributed by atoms with Crippen LogP contribution in [0.1, 0.15) is 30.4 Å². The van der Waals surface area contributed by atoms with Crippen LogP contribution in [0.15, 0.2) is 24.3 Å². The monoisotopic (exact) mass is 277 g/mol. The van der Waals surface area contributed by atoms with Crippen LogP contribution in [0.25, 0.3) is 0 Å². The van der Waals surface area contributed by atoms with Crippen LogP contribution < -0.4 is 5.73 Å². The Morgan fingerprint density at radius 2 is 2.25 bits per heavy atom. The number of aryl methyl sites for hydroxylation is 1. The topological polar surface area (TPSA) is 89.6 Å². The highest BCUT2D eigenvalue weighted by Gasteiger charge is 2.66. The first kappa shape index (κ1) is 14.5. The Bertz CT molecular complexity index is 542. The summed E-state index contributed by atoms with van der Waals surface area (Å²) in [6, 6.07) is 7.92. The Labute approximate surface area is 117 Å². The molecule has 1 aliphatic carbocycles. The second kappa shape index (κ2) is 5.25. The van der Waals surface area contributed by atoms with Gasteiger partial charge in [-0.15, -0.1) is 0 Å². The molecule has 0 saturated heterocycles. The Kier molecular flexibility index (Phi) is 3.81. The molecule has 0 aromatic heterocycles. The highest BCUT2D eigenvalue weighted by atomic mass is 16.6. The zero-order valence-corrected chi connectivity index (χ0v) is 11.6. The highest BCUT2D eigenvalue weighted by molar-refractivity contribution is 5.86. The van der Waals surface area contributed by atoms with Gasteiger partial charge in [0.25, 0.3) is 0 Å². The third-order valence-corrected chi connectivity index (χ3v) is 3.96. The molecule has 1 aromatic rings. The summed E-state index contributed by atoms with van der Waals surface area (Å²) >= 11 is 0. The van der Waals surface area contributed by atoms with E-state index in [1.807, 2.05) is 38.1 Å². The molecule has 1 aromatic carbocycles. The molecule has 0 aliphatic heterocycles. The maximum atomic E-state index is 11.4. The van der Waals surface area contributed by atoms with Gasteiger partial charge < -0.3 is 15.6 Å². The van der Waals surface area contributed by atoms with Crippen LogP contribution in [0.5, 0.6) is 0 Å². The number of aliphatic carboxylic acids is 1. The van der Waals surface area contributed by atoms with E-state index in [0.717, 1.165) is 11.1 Å². The lowest BCUT2D eigenvalue weighted by molar-refractivity contribution is -0.167. The Morgan fingerprint density at radius 1 is 1.55 bits per heavy atom. The van der Waals surface area contributed by atoms with Crippen LogP contribution in [-0.4, -0.2) is 29.2 Å². The average Bonchev–Trinajstić information content (AvgIpc) is 3.13. The van der Waals surface area contributed by atoms with Crippen molar-refractivity contribution in [2.75, 3.05) is 6.54 Å². The minimum atomic E-state index is -1.40. The summed E-state index contributed by atoms with van der Waals surface area (Å²) in [5.74, 6) is -1.97. The molecule has 3 atom stereocenters. The summed E-state index contributed by atoms with van der Waals surface area (Å²) < 4.78 is 5.08. The number of carbonyl (C=O) groups is 2. The Hall–Kier alpha value is -1.88. The lowest BCUT2D eigenvalue weighted by atomic mass is 9.93. The van der Waals surface area contributed by atoms with Crippen molar-refractivity contribution in [3.63, 3.8) is 0 Å². The molecule has 1 fully saturated rings. The van der Waals surface area contributed by atoms with Gasteiger partial charge >= 0.3 is 11.9 Å². The molecule has 20 heavy (non-hydrogen) atoms. The molecule has 0 radical (unpaired) electrons. The number of ether oxygens (including phenoxy) is 1. The van der Waals surface area contributed by atoms with Crippen LogP contribution in [0.3, 0.4) is 0 Å². The van der Waals surface area contributed by atoms with Gasteiger partial charge in [0.05, 0.1) is 6.54 Å². The number of carboxylic acid groups (broad SMARTS) is 1. The van der Waals surface area contributed by atoms with Crippen LogP contribution in [0.4, 0.5) is 0 Å². The number of carboxylic acids is 1. The summed E-state index contributed by atoms with van der Waals surface area (Å²) in [6.45, 7) is 3.64. The first-order chi connectivity index (χ1) is 9.40. The van der Waals surface area contributed by atoms with E-state index >= 15 is 0 Å². The number of benzene rings is 1. The molecule has 5 nitrogen and oxygen atoms in total. The van der Waals surface area contributed by atoms with Crippen molar-refractivity contribution in [2.45, 2.75) is 31.8 Å². The van der Waals surface area contributed by atoms with Gasteiger partial charge in [-0.2, -0.15) is 0 Å². The zero-order valence-electron chi connectivity index (χ0n) is 11.6.